The van der Waals surface area contributed by atoms with Crippen LogP contribution in [0.3, 0.4) is 0 Å². The second kappa shape index (κ2) is 9.60. The van der Waals surface area contributed by atoms with Gasteiger partial charge in [-0.2, -0.15) is 0 Å². The molecular formula is C15H25N3O2S. The highest BCUT2D eigenvalue weighted by molar-refractivity contribution is 7.99. The Bertz CT molecular complexity index is 496. The summed E-state index contributed by atoms with van der Waals surface area (Å²) in [7, 11) is 0. The van der Waals surface area contributed by atoms with Crippen molar-refractivity contribution in [3.05, 3.63) is 22.1 Å². The van der Waals surface area contributed by atoms with E-state index in [1.54, 1.807) is 0 Å². The average Bonchev–Trinajstić information content (AvgIpc) is 2.44. The fourth-order valence-electron chi connectivity index (χ4n) is 2.06. The first-order chi connectivity index (χ1) is 10.1. The van der Waals surface area contributed by atoms with E-state index in [0.717, 1.165) is 44.5 Å². The minimum absolute atomic E-state index is 0.104. The van der Waals surface area contributed by atoms with E-state index in [0.29, 0.717) is 10.9 Å². The van der Waals surface area contributed by atoms with Crippen molar-refractivity contribution in [3.8, 4) is 0 Å². The molecular weight excluding hydrogens is 286 g/mol. The Balaban J connectivity index is 2.64. The maximum Gasteiger partial charge on any atom is 0.251 e. The van der Waals surface area contributed by atoms with Crippen LogP contribution in [0.25, 0.3) is 0 Å². The van der Waals surface area contributed by atoms with Crippen molar-refractivity contribution in [1.29, 1.82) is 0 Å². The van der Waals surface area contributed by atoms with Crippen molar-refractivity contribution < 1.29 is 4.79 Å². The minimum Gasteiger partial charge on any atom is -0.342 e. The Kier molecular flexibility index (Phi) is 8.12. The molecule has 1 rings (SSSR count). The van der Waals surface area contributed by atoms with Gasteiger partial charge >= 0.3 is 0 Å². The lowest BCUT2D eigenvalue weighted by Crippen LogP contribution is -2.33. The molecule has 6 heteroatoms. The van der Waals surface area contributed by atoms with Crippen LogP contribution in [-0.4, -0.2) is 39.6 Å². The Morgan fingerprint density at radius 1 is 1.24 bits per heavy atom. The third-order valence-corrected chi connectivity index (χ3v) is 3.81. The predicted molar refractivity (Wildman–Crippen MR) is 86.7 cm³/mol. The summed E-state index contributed by atoms with van der Waals surface area (Å²) in [5, 5.41) is 0.534. The van der Waals surface area contributed by atoms with Crippen LogP contribution in [0.4, 0.5) is 0 Å². The smallest absolute Gasteiger partial charge is 0.251 e. The number of hydrogen-bond acceptors (Lipinski definition) is 4. The number of thioether (sulfide) groups is 1. The van der Waals surface area contributed by atoms with E-state index < -0.39 is 0 Å². The van der Waals surface area contributed by atoms with E-state index >= 15 is 0 Å². The van der Waals surface area contributed by atoms with E-state index in [9.17, 15) is 9.59 Å². The van der Waals surface area contributed by atoms with Crippen LogP contribution < -0.4 is 5.56 Å². The Morgan fingerprint density at radius 3 is 2.48 bits per heavy atom. The van der Waals surface area contributed by atoms with Gasteiger partial charge in [-0.1, -0.05) is 39.0 Å². The molecule has 1 aromatic rings. The summed E-state index contributed by atoms with van der Waals surface area (Å²) in [5.41, 5.74) is 0.637. The summed E-state index contributed by atoms with van der Waals surface area (Å²) in [5.74, 6) is 0.422. The molecule has 21 heavy (non-hydrogen) atoms. The third-order valence-electron chi connectivity index (χ3n) is 2.95. The zero-order valence-corrected chi connectivity index (χ0v) is 14.0. The first-order valence-corrected chi connectivity index (χ1v) is 8.60. The van der Waals surface area contributed by atoms with Gasteiger partial charge < -0.3 is 9.88 Å². The Morgan fingerprint density at radius 2 is 1.90 bits per heavy atom. The molecule has 1 heterocycles. The van der Waals surface area contributed by atoms with Crippen molar-refractivity contribution in [2.24, 2.45) is 0 Å². The molecule has 0 aliphatic rings. The number of H-pyrrole nitrogens is 1. The van der Waals surface area contributed by atoms with Gasteiger partial charge in [0, 0.05) is 24.8 Å². The number of aromatic amines is 1. The van der Waals surface area contributed by atoms with Gasteiger partial charge in [-0.3, -0.25) is 9.59 Å². The second-order valence-corrected chi connectivity index (χ2v) is 5.93. The predicted octanol–water partition coefficient (Wildman–Crippen LogP) is 2.46. The van der Waals surface area contributed by atoms with Gasteiger partial charge in [0.2, 0.25) is 5.91 Å². The lowest BCUT2D eigenvalue weighted by molar-refractivity contribution is -0.128. The van der Waals surface area contributed by atoms with Crippen molar-refractivity contribution in [2.75, 3.05) is 18.8 Å². The molecule has 0 radical (unpaired) electrons. The number of aryl methyl sites for hydroxylation is 1. The molecule has 1 N–H and O–H groups in total. The Labute approximate surface area is 130 Å². The molecule has 0 bridgehead atoms. The van der Waals surface area contributed by atoms with E-state index in [4.69, 9.17) is 0 Å². The van der Waals surface area contributed by atoms with Crippen LogP contribution in [0.2, 0.25) is 0 Å². The monoisotopic (exact) mass is 311 g/mol. The molecule has 0 atom stereocenters. The number of nitrogens with zero attached hydrogens (tertiary/aromatic N) is 2. The zero-order valence-electron chi connectivity index (χ0n) is 13.1. The summed E-state index contributed by atoms with van der Waals surface area (Å²) in [6, 6.07) is 1.52. The summed E-state index contributed by atoms with van der Waals surface area (Å²) in [4.78, 5) is 32.7. The number of amides is 1. The zero-order chi connectivity index (χ0) is 15.7. The maximum absolute atomic E-state index is 12.2. The molecule has 0 saturated heterocycles. The minimum atomic E-state index is -0.151. The average molecular weight is 311 g/mol. The second-order valence-electron chi connectivity index (χ2n) is 4.96. The van der Waals surface area contributed by atoms with Crippen molar-refractivity contribution in [1.82, 2.24) is 14.9 Å². The SMILES string of the molecule is CCCc1cc(=O)[nH]c(SCC(=O)N(CCC)CCC)n1. The standard InChI is InChI=1S/C15H25N3O2S/c1-4-7-12-10-13(19)17-15(16-12)21-11-14(20)18(8-5-2)9-6-3/h10H,4-9,11H2,1-3H3,(H,16,17,19). The summed E-state index contributed by atoms with van der Waals surface area (Å²) in [6.45, 7) is 7.75. The van der Waals surface area contributed by atoms with Gasteiger partial charge in [-0.25, -0.2) is 4.98 Å². The van der Waals surface area contributed by atoms with Crippen molar-refractivity contribution in [3.63, 3.8) is 0 Å². The van der Waals surface area contributed by atoms with Crippen LogP contribution >= 0.6 is 11.8 Å². The molecule has 0 aliphatic heterocycles. The van der Waals surface area contributed by atoms with Crippen molar-refractivity contribution >= 4 is 17.7 Å². The maximum atomic E-state index is 12.2. The van der Waals surface area contributed by atoms with Gasteiger partial charge in [-0.05, 0) is 19.3 Å². The molecule has 0 saturated carbocycles. The fraction of sp³-hybridized carbons (Fsp3) is 0.667. The summed E-state index contributed by atoms with van der Waals surface area (Å²) in [6.07, 6.45) is 3.64. The number of carbonyl (C=O) groups excluding carboxylic acids is 1. The first-order valence-electron chi connectivity index (χ1n) is 7.61. The highest BCUT2D eigenvalue weighted by Gasteiger charge is 2.13. The number of rotatable bonds is 9. The largest absolute Gasteiger partial charge is 0.342 e. The fourth-order valence-corrected chi connectivity index (χ4v) is 2.86. The summed E-state index contributed by atoms with van der Waals surface area (Å²) >= 11 is 1.30. The molecule has 0 fully saturated rings. The molecule has 118 valence electrons. The van der Waals surface area contributed by atoms with Crippen LogP contribution in [0.1, 0.15) is 45.7 Å². The van der Waals surface area contributed by atoms with Gasteiger partial charge in [0.05, 0.1) is 5.75 Å². The number of aromatic nitrogens is 2. The molecule has 5 nitrogen and oxygen atoms in total. The normalized spacial score (nSPS) is 10.6. The summed E-state index contributed by atoms with van der Waals surface area (Å²) < 4.78 is 0. The van der Waals surface area contributed by atoms with Gasteiger partial charge in [-0.15, -0.1) is 0 Å². The molecule has 0 spiro atoms. The van der Waals surface area contributed by atoms with Crippen LogP contribution in [0.5, 0.6) is 0 Å². The van der Waals surface area contributed by atoms with E-state index in [-0.39, 0.29) is 11.5 Å². The molecule has 1 amide bonds. The van der Waals surface area contributed by atoms with Gasteiger partial charge in [0.25, 0.3) is 5.56 Å². The van der Waals surface area contributed by atoms with Gasteiger partial charge in [0.1, 0.15) is 0 Å². The Hall–Kier alpha value is -1.30. The van der Waals surface area contributed by atoms with Crippen LogP contribution in [0.15, 0.2) is 16.0 Å². The number of carbonyl (C=O) groups is 1. The van der Waals surface area contributed by atoms with E-state index in [1.165, 1.54) is 17.8 Å². The van der Waals surface area contributed by atoms with Crippen LogP contribution in [0, 0.1) is 0 Å². The lowest BCUT2D eigenvalue weighted by atomic mass is 10.2. The number of hydrogen-bond donors (Lipinski definition) is 1. The quantitative estimate of drug-likeness (QED) is 0.562. The molecule has 1 aromatic heterocycles. The van der Waals surface area contributed by atoms with Crippen LogP contribution in [-0.2, 0) is 11.2 Å². The first kappa shape index (κ1) is 17.8. The highest BCUT2D eigenvalue weighted by atomic mass is 32.2. The van der Waals surface area contributed by atoms with Gasteiger partial charge in [0.15, 0.2) is 5.16 Å². The topological polar surface area (TPSA) is 66.1 Å². The van der Waals surface area contributed by atoms with E-state index in [2.05, 4.69) is 23.8 Å². The lowest BCUT2D eigenvalue weighted by Gasteiger charge is -2.21. The number of nitrogens with one attached hydrogen (secondary N) is 1. The molecule has 0 unspecified atom stereocenters. The molecule has 0 aromatic carbocycles. The molecule has 0 aliphatic carbocycles. The third kappa shape index (κ3) is 6.33. The van der Waals surface area contributed by atoms with E-state index in [1.807, 2.05) is 11.8 Å². The van der Waals surface area contributed by atoms with Crippen molar-refractivity contribution in [2.45, 2.75) is 51.6 Å². The highest BCUT2D eigenvalue weighted by Crippen LogP contribution is 2.13.